The summed E-state index contributed by atoms with van der Waals surface area (Å²) in [7, 11) is 0. The Morgan fingerprint density at radius 2 is 2.38 bits per heavy atom. The quantitative estimate of drug-likeness (QED) is 0.769. The first-order chi connectivity index (χ1) is 7.81. The Hall–Kier alpha value is -1.09. The van der Waals surface area contributed by atoms with Gasteiger partial charge < -0.3 is 11.1 Å². The van der Waals surface area contributed by atoms with Crippen LogP contribution in [0.5, 0.6) is 0 Å². The summed E-state index contributed by atoms with van der Waals surface area (Å²) in [5, 5.41) is 3.57. The van der Waals surface area contributed by atoms with E-state index < -0.39 is 0 Å². The standard InChI is InChI=1S/C13H21N3/c1-2-16-13(10-3-4-10)6-5-11-9-15-8-7-12(11)14/h7-10,13,16H,2-6H2,1H3,(H2,14,15). The molecule has 3 nitrogen and oxygen atoms in total. The summed E-state index contributed by atoms with van der Waals surface area (Å²) in [5.74, 6) is 0.901. The van der Waals surface area contributed by atoms with Crippen molar-refractivity contribution in [3.05, 3.63) is 24.0 Å². The van der Waals surface area contributed by atoms with E-state index in [2.05, 4.69) is 17.2 Å². The second-order valence-corrected chi connectivity index (χ2v) is 4.61. The third-order valence-electron chi connectivity index (χ3n) is 3.32. The fourth-order valence-electron chi connectivity index (χ4n) is 2.22. The maximum Gasteiger partial charge on any atom is 0.0377 e. The van der Waals surface area contributed by atoms with E-state index in [1.54, 1.807) is 6.20 Å². The van der Waals surface area contributed by atoms with Gasteiger partial charge in [0.25, 0.3) is 0 Å². The Morgan fingerprint density at radius 1 is 1.56 bits per heavy atom. The van der Waals surface area contributed by atoms with Crippen molar-refractivity contribution in [1.82, 2.24) is 10.3 Å². The van der Waals surface area contributed by atoms with Crippen LogP contribution < -0.4 is 11.1 Å². The zero-order valence-corrected chi connectivity index (χ0v) is 9.95. The summed E-state index contributed by atoms with van der Waals surface area (Å²) >= 11 is 0. The minimum absolute atomic E-state index is 0.671. The lowest BCUT2D eigenvalue weighted by Crippen LogP contribution is -2.31. The Kier molecular flexibility index (Phi) is 3.78. The van der Waals surface area contributed by atoms with Gasteiger partial charge in [-0.05, 0) is 49.8 Å². The number of nitrogen functional groups attached to an aromatic ring is 1. The first-order valence-corrected chi connectivity index (χ1v) is 6.23. The molecule has 0 spiro atoms. The average molecular weight is 219 g/mol. The first kappa shape index (κ1) is 11.4. The molecule has 0 radical (unpaired) electrons. The molecular weight excluding hydrogens is 198 g/mol. The Labute approximate surface area is 97.5 Å². The lowest BCUT2D eigenvalue weighted by molar-refractivity contribution is 0.446. The zero-order chi connectivity index (χ0) is 11.4. The summed E-state index contributed by atoms with van der Waals surface area (Å²) in [5.41, 5.74) is 7.97. The molecular formula is C13H21N3. The average Bonchev–Trinajstić information content (AvgIpc) is 3.10. The monoisotopic (exact) mass is 219 g/mol. The molecule has 1 unspecified atom stereocenters. The van der Waals surface area contributed by atoms with Crippen LogP contribution in [0, 0.1) is 5.92 Å². The fourth-order valence-corrected chi connectivity index (χ4v) is 2.22. The number of aromatic nitrogens is 1. The van der Waals surface area contributed by atoms with E-state index in [1.807, 2.05) is 12.3 Å². The van der Waals surface area contributed by atoms with Gasteiger partial charge in [-0.2, -0.15) is 0 Å². The molecule has 0 bridgehead atoms. The fraction of sp³-hybridized carbons (Fsp3) is 0.615. The van der Waals surface area contributed by atoms with Gasteiger partial charge in [0.05, 0.1) is 0 Å². The second kappa shape index (κ2) is 5.30. The highest BCUT2D eigenvalue weighted by Gasteiger charge is 2.30. The molecule has 3 N–H and O–H groups in total. The van der Waals surface area contributed by atoms with Gasteiger partial charge in [0.1, 0.15) is 0 Å². The SMILES string of the molecule is CCNC(CCc1cnccc1N)C1CC1. The van der Waals surface area contributed by atoms with Crippen LogP contribution in [0.1, 0.15) is 31.7 Å². The molecule has 0 saturated heterocycles. The van der Waals surface area contributed by atoms with Crippen LogP contribution in [-0.2, 0) is 6.42 Å². The minimum Gasteiger partial charge on any atom is -0.398 e. The van der Waals surface area contributed by atoms with E-state index in [9.17, 15) is 0 Å². The Morgan fingerprint density at radius 3 is 3.00 bits per heavy atom. The molecule has 1 saturated carbocycles. The topological polar surface area (TPSA) is 50.9 Å². The highest BCUT2D eigenvalue weighted by Crippen LogP contribution is 2.34. The van der Waals surface area contributed by atoms with Crippen molar-refractivity contribution < 1.29 is 0 Å². The molecule has 1 heterocycles. The number of pyridine rings is 1. The number of nitrogens with one attached hydrogen (secondary N) is 1. The molecule has 1 fully saturated rings. The molecule has 3 heteroatoms. The zero-order valence-electron chi connectivity index (χ0n) is 9.95. The van der Waals surface area contributed by atoms with Crippen LogP contribution in [0.2, 0.25) is 0 Å². The van der Waals surface area contributed by atoms with E-state index in [1.165, 1.54) is 24.8 Å². The van der Waals surface area contributed by atoms with Crippen molar-refractivity contribution >= 4 is 5.69 Å². The largest absolute Gasteiger partial charge is 0.398 e. The van der Waals surface area contributed by atoms with Crippen molar-refractivity contribution in [2.75, 3.05) is 12.3 Å². The summed E-state index contributed by atoms with van der Waals surface area (Å²) in [4.78, 5) is 4.13. The number of nitrogens with two attached hydrogens (primary N) is 1. The number of anilines is 1. The maximum absolute atomic E-state index is 5.91. The lowest BCUT2D eigenvalue weighted by atomic mass is 10.0. The van der Waals surface area contributed by atoms with Crippen molar-refractivity contribution in [3.63, 3.8) is 0 Å². The molecule has 1 aliphatic rings. The predicted molar refractivity (Wildman–Crippen MR) is 67.2 cm³/mol. The lowest BCUT2D eigenvalue weighted by Gasteiger charge is -2.17. The smallest absolute Gasteiger partial charge is 0.0377 e. The van der Waals surface area contributed by atoms with Crippen molar-refractivity contribution in [3.8, 4) is 0 Å². The molecule has 0 aliphatic heterocycles. The van der Waals surface area contributed by atoms with Crippen molar-refractivity contribution in [2.24, 2.45) is 5.92 Å². The summed E-state index contributed by atoms with van der Waals surface area (Å²) < 4.78 is 0. The van der Waals surface area contributed by atoms with Crippen molar-refractivity contribution in [2.45, 2.75) is 38.6 Å². The number of hydrogen-bond donors (Lipinski definition) is 2. The number of aryl methyl sites for hydroxylation is 1. The van der Waals surface area contributed by atoms with Gasteiger partial charge in [0, 0.05) is 24.1 Å². The Bertz CT molecular complexity index is 334. The summed E-state index contributed by atoms with van der Waals surface area (Å²) in [6.45, 7) is 3.23. The van der Waals surface area contributed by atoms with Crippen LogP contribution in [0.3, 0.4) is 0 Å². The van der Waals surface area contributed by atoms with Crippen LogP contribution in [-0.4, -0.2) is 17.6 Å². The van der Waals surface area contributed by atoms with Crippen molar-refractivity contribution in [1.29, 1.82) is 0 Å². The van der Waals surface area contributed by atoms with E-state index in [-0.39, 0.29) is 0 Å². The predicted octanol–water partition coefficient (Wildman–Crippen LogP) is 1.98. The maximum atomic E-state index is 5.91. The molecule has 2 rings (SSSR count). The van der Waals surface area contributed by atoms with Gasteiger partial charge in [-0.1, -0.05) is 6.92 Å². The van der Waals surface area contributed by atoms with Crippen LogP contribution in [0.25, 0.3) is 0 Å². The van der Waals surface area contributed by atoms with Gasteiger partial charge in [-0.25, -0.2) is 0 Å². The number of nitrogens with zero attached hydrogens (tertiary/aromatic N) is 1. The van der Waals surface area contributed by atoms with Gasteiger partial charge in [0.2, 0.25) is 0 Å². The Balaban J connectivity index is 1.87. The first-order valence-electron chi connectivity index (χ1n) is 6.23. The highest BCUT2D eigenvalue weighted by atomic mass is 14.9. The molecule has 16 heavy (non-hydrogen) atoms. The third-order valence-corrected chi connectivity index (χ3v) is 3.32. The second-order valence-electron chi connectivity index (χ2n) is 4.61. The van der Waals surface area contributed by atoms with Gasteiger partial charge >= 0.3 is 0 Å². The van der Waals surface area contributed by atoms with E-state index >= 15 is 0 Å². The molecule has 1 atom stereocenters. The molecule has 88 valence electrons. The van der Waals surface area contributed by atoms with Crippen LogP contribution in [0.15, 0.2) is 18.5 Å². The number of rotatable bonds is 6. The highest BCUT2D eigenvalue weighted by molar-refractivity contribution is 5.44. The van der Waals surface area contributed by atoms with E-state index in [0.717, 1.165) is 24.6 Å². The van der Waals surface area contributed by atoms with Gasteiger partial charge in [-0.3, -0.25) is 4.98 Å². The molecule has 1 aromatic rings. The molecule has 1 aromatic heterocycles. The number of hydrogen-bond acceptors (Lipinski definition) is 3. The molecule has 1 aliphatic carbocycles. The summed E-state index contributed by atoms with van der Waals surface area (Å²) in [6.07, 6.45) is 8.63. The molecule has 0 aromatic carbocycles. The third kappa shape index (κ3) is 2.95. The minimum atomic E-state index is 0.671. The normalized spacial score (nSPS) is 17.3. The van der Waals surface area contributed by atoms with Gasteiger partial charge in [0.15, 0.2) is 0 Å². The van der Waals surface area contributed by atoms with Crippen LogP contribution in [0.4, 0.5) is 5.69 Å². The van der Waals surface area contributed by atoms with E-state index in [4.69, 9.17) is 5.73 Å². The van der Waals surface area contributed by atoms with Crippen LogP contribution >= 0.6 is 0 Å². The summed E-state index contributed by atoms with van der Waals surface area (Å²) in [6, 6.07) is 2.55. The van der Waals surface area contributed by atoms with Gasteiger partial charge in [-0.15, -0.1) is 0 Å². The van der Waals surface area contributed by atoms with E-state index in [0.29, 0.717) is 6.04 Å². The molecule has 0 amide bonds.